The maximum atomic E-state index is 2.50. The number of hydrogen-bond donors (Lipinski definition) is 0. The van der Waals surface area contributed by atoms with Crippen LogP contribution in [0.2, 0.25) is 0 Å². The van der Waals surface area contributed by atoms with Crippen molar-refractivity contribution in [3.05, 3.63) is 0 Å². The van der Waals surface area contributed by atoms with E-state index in [4.69, 9.17) is 0 Å². The van der Waals surface area contributed by atoms with Gasteiger partial charge in [0, 0.05) is 0 Å². The van der Waals surface area contributed by atoms with Crippen molar-refractivity contribution < 1.29 is 0 Å². The van der Waals surface area contributed by atoms with Gasteiger partial charge >= 0.3 is 0 Å². The first-order valence-electron chi connectivity index (χ1n) is 7.29. The molecule has 0 N–H and O–H groups in total. The summed E-state index contributed by atoms with van der Waals surface area (Å²) in [5.74, 6) is 0. The average molecular weight is 239 g/mol. The van der Waals surface area contributed by atoms with Crippen molar-refractivity contribution >= 4 is 0 Å². The van der Waals surface area contributed by atoms with Gasteiger partial charge < -0.3 is 4.90 Å². The van der Waals surface area contributed by atoms with E-state index in [1.54, 1.807) is 0 Å². The molecule has 0 radical (unpaired) electrons. The van der Waals surface area contributed by atoms with E-state index in [9.17, 15) is 0 Å². The quantitative estimate of drug-likeness (QED) is 0.598. The van der Waals surface area contributed by atoms with Crippen LogP contribution in [0, 0.1) is 16.2 Å². The molecule has 1 heterocycles. The lowest BCUT2D eigenvalue weighted by Gasteiger charge is -2.53. The van der Waals surface area contributed by atoms with Crippen molar-refractivity contribution in [1.29, 1.82) is 0 Å². The molecule has 1 rings (SSSR count). The molecule has 0 aromatic carbocycles. The van der Waals surface area contributed by atoms with Gasteiger partial charge in [-0.3, -0.25) is 0 Å². The highest BCUT2D eigenvalue weighted by molar-refractivity contribution is 4.96. The molecule has 0 atom stereocenters. The topological polar surface area (TPSA) is 3.24 Å². The lowest BCUT2D eigenvalue weighted by molar-refractivity contribution is -0.0375. The van der Waals surface area contributed by atoms with Crippen molar-refractivity contribution in [2.45, 2.75) is 67.2 Å². The second kappa shape index (κ2) is 4.91. The molecule has 0 amide bonds. The first kappa shape index (κ1) is 15.0. The molecule has 0 bridgehead atoms. The van der Waals surface area contributed by atoms with E-state index < -0.39 is 0 Å². The zero-order chi connectivity index (χ0) is 13.3. The predicted octanol–water partition coefficient (Wildman–Crippen LogP) is 4.57. The van der Waals surface area contributed by atoms with E-state index in [0.29, 0.717) is 16.2 Å². The summed E-state index contributed by atoms with van der Waals surface area (Å²) in [6.45, 7) is 17.4. The van der Waals surface area contributed by atoms with Crippen molar-refractivity contribution in [3.63, 3.8) is 0 Å². The fourth-order valence-corrected chi connectivity index (χ4v) is 3.23. The Morgan fingerprint density at radius 3 is 1.41 bits per heavy atom. The van der Waals surface area contributed by atoms with Crippen molar-refractivity contribution in [2.24, 2.45) is 16.2 Å². The molecule has 0 aliphatic carbocycles. The summed E-state index contributed by atoms with van der Waals surface area (Å²) in [6.07, 6.45) is 5.35. The summed E-state index contributed by atoms with van der Waals surface area (Å²) in [6, 6.07) is 0. The third-order valence-electron chi connectivity index (χ3n) is 6.07. The average Bonchev–Trinajstić information content (AvgIpc) is 2.15. The standard InChI is InChI=1S/C16H33N/c1-14(2)10-8-12-17(7)13-9-11-15(3,4)16(14,5)6/h8-13H2,1-7H3. The summed E-state index contributed by atoms with van der Waals surface area (Å²) < 4.78 is 0. The van der Waals surface area contributed by atoms with Gasteiger partial charge in [-0.1, -0.05) is 41.5 Å². The SMILES string of the molecule is CN1CCCC(C)(C)C(C)(C)C(C)(C)CCC1. The third kappa shape index (κ3) is 3.05. The molecule has 1 heteroatoms. The van der Waals surface area contributed by atoms with Gasteiger partial charge in [0.2, 0.25) is 0 Å². The number of nitrogens with zero attached hydrogens (tertiary/aromatic N) is 1. The van der Waals surface area contributed by atoms with Crippen molar-refractivity contribution in [3.8, 4) is 0 Å². The lowest BCUT2D eigenvalue weighted by atomic mass is 9.52. The van der Waals surface area contributed by atoms with Crippen LogP contribution >= 0.6 is 0 Å². The minimum Gasteiger partial charge on any atom is -0.306 e. The maximum absolute atomic E-state index is 2.50. The summed E-state index contributed by atoms with van der Waals surface area (Å²) >= 11 is 0. The first-order chi connectivity index (χ1) is 7.60. The largest absolute Gasteiger partial charge is 0.306 e. The van der Waals surface area contributed by atoms with Gasteiger partial charge in [-0.05, 0) is 62.1 Å². The van der Waals surface area contributed by atoms with Gasteiger partial charge in [0.15, 0.2) is 0 Å². The molecule has 0 unspecified atom stereocenters. The zero-order valence-corrected chi connectivity index (χ0v) is 13.2. The summed E-state index contributed by atoms with van der Waals surface area (Å²) in [4.78, 5) is 2.50. The molecular weight excluding hydrogens is 206 g/mol. The van der Waals surface area contributed by atoms with Crippen LogP contribution < -0.4 is 0 Å². The second-order valence-corrected chi connectivity index (χ2v) is 7.90. The van der Waals surface area contributed by atoms with Gasteiger partial charge in [0.05, 0.1) is 0 Å². The summed E-state index contributed by atoms with van der Waals surface area (Å²) in [5, 5.41) is 0. The molecule has 1 nitrogen and oxygen atoms in total. The zero-order valence-electron chi connectivity index (χ0n) is 13.2. The van der Waals surface area contributed by atoms with Gasteiger partial charge in [0.1, 0.15) is 0 Å². The molecule has 17 heavy (non-hydrogen) atoms. The van der Waals surface area contributed by atoms with Crippen molar-refractivity contribution in [2.75, 3.05) is 20.1 Å². The van der Waals surface area contributed by atoms with Crippen LogP contribution in [0.25, 0.3) is 0 Å². The Labute approximate surface area is 109 Å². The van der Waals surface area contributed by atoms with Gasteiger partial charge in [-0.15, -0.1) is 0 Å². The van der Waals surface area contributed by atoms with E-state index in [1.807, 2.05) is 0 Å². The van der Waals surface area contributed by atoms with Gasteiger partial charge in [0.25, 0.3) is 0 Å². The van der Waals surface area contributed by atoms with E-state index in [0.717, 1.165) is 0 Å². The van der Waals surface area contributed by atoms with Crippen LogP contribution in [-0.2, 0) is 0 Å². The molecule has 1 saturated heterocycles. The first-order valence-corrected chi connectivity index (χ1v) is 7.29. The number of hydrogen-bond acceptors (Lipinski definition) is 1. The monoisotopic (exact) mass is 239 g/mol. The Morgan fingerprint density at radius 2 is 1.06 bits per heavy atom. The highest BCUT2D eigenvalue weighted by Crippen LogP contribution is 2.55. The Balaban J connectivity index is 2.92. The summed E-state index contributed by atoms with van der Waals surface area (Å²) in [5.41, 5.74) is 1.25. The normalized spacial score (nSPS) is 29.8. The van der Waals surface area contributed by atoms with E-state index in [1.165, 1.54) is 38.8 Å². The van der Waals surface area contributed by atoms with Crippen molar-refractivity contribution in [1.82, 2.24) is 4.90 Å². The predicted molar refractivity (Wildman–Crippen MR) is 77.3 cm³/mol. The lowest BCUT2D eigenvalue weighted by Crippen LogP contribution is -2.45. The molecular formula is C16H33N. The van der Waals surface area contributed by atoms with Crippen LogP contribution in [0.4, 0.5) is 0 Å². The molecule has 1 aliphatic rings. The molecule has 0 aromatic heterocycles. The summed E-state index contributed by atoms with van der Waals surface area (Å²) in [7, 11) is 2.27. The van der Waals surface area contributed by atoms with Crippen LogP contribution in [0.1, 0.15) is 67.2 Å². The Bertz CT molecular complexity index is 226. The number of rotatable bonds is 0. The Kier molecular flexibility index (Phi) is 4.34. The Morgan fingerprint density at radius 1 is 0.706 bits per heavy atom. The third-order valence-corrected chi connectivity index (χ3v) is 6.07. The van der Waals surface area contributed by atoms with E-state index in [-0.39, 0.29) is 0 Å². The second-order valence-electron chi connectivity index (χ2n) is 7.90. The molecule has 102 valence electrons. The molecule has 0 saturated carbocycles. The van der Waals surface area contributed by atoms with Crippen LogP contribution in [0.5, 0.6) is 0 Å². The van der Waals surface area contributed by atoms with E-state index in [2.05, 4.69) is 53.5 Å². The smallest absolute Gasteiger partial charge is 0.00216 e. The molecule has 1 aliphatic heterocycles. The highest BCUT2D eigenvalue weighted by atomic mass is 15.1. The van der Waals surface area contributed by atoms with Crippen LogP contribution in [-0.4, -0.2) is 25.0 Å². The van der Waals surface area contributed by atoms with Crippen LogP contribution in [0.15, 0.2) is 0 Å². The van der Waals surface area contributed by atoms with Crippen LogP contribution in [0.3, 0.4) is 0 Å². The minimum atomic E-state index is 0.399. The van der Waals surface area contributed by atoms with Gasteiger partial charge in [-0.25, -0.2) is 0 Å². The molecule has 0 spiro atoms. The maximum Gasteiger partial charge on any atom is -0.00216 e. The fourth-order valence-electron chi connectivity index (χ4n) is 3.23. The molecule has 1 fully saturated rings. The van der Waals surface area contributed by atoms with Gasteiger partial charge in [-0.2, -0.15) is 0 Å². The van der Waals surface area contributed by atoms with E-state index >= 15 is 0 Å². The molecule has 0 aromatic rings. The minimum absolute atomic E-state index is 0.399. The fraction of sp³-hybridized carbons (Fsp3) is 1.00. The highest BCUT2D eigenvalue weighted by Gasteiger charge is 2.47. The Hall–Kier alpha value is -0.0400.